The van der Waals surface area contributed by atoms with Crippen LogP contribution in [0.3, 0.4) is 0 Å². The predicted molar refractivity (Wildman–Crippen MR) is 73.7 cm³/mol. The van der Waals surface area contributed by atoms with Crippen molar-refractivity contribution in [3.63, 3.8) is 0 Å². The summed E-state index contributed by atoms with van der Waals surface area (Å²) in [4.78, 5) is 15.2. The Labute approximate surface area is 121 Å². The van der Waals surface area contributed by atoms with Crippen molar-refractivity contribution in [1.29, 1.82) is 0 Å². The lowest BCUT2D eigenvalue weighted by atomic mass is 10.2. The number of aromatic nitrogens is 2. The Morgan fingerprint density at radius 1 is 1.70 bits per heavy atom. The standard InChI is InChI=1S/C12H17N3O4S/c1-6-4-15(10-3-8(18)9(5-16)19-10)12(20)14-11(6)13-7(2)17/h4,8-10,16,18H,3,5H2,1-2H3,(H,13,14,17,20)/t8-,9+,10+/m0/s1. The molecule has 0 aromatic carbocycles. The van der Waals surface area contributed by atoms with Crippen LogP contribution in [0.2, 0.25) is 0 Å². The van der Waals surface area contributed by atoms with Crippen molar-refractivity contribution in [3.8, 4) is 0 Å². The van der Waals surface area contributed by atoms with E-state index in [1.807, 2.05) is 0 Å². The molecule has 1 aliphatic rings. The summed E-state index contributed by atoms with van der Waals surface area (Å²) < 4.78 is 7.40. The molecule has 0 saturated carbocycles. The maximum atomic E-state index is 11.1. The van der Waals surface area contributed by atoms with Gasteiger partial charge in [-0.1, -0.05) is 0 Å². The Kier molecular flexibility index (Phi) is 4.48. The number of anilines is 1. The van der Waals surface area contributed by atoms with E-state index < -0.39 is 18.4 Å². The first-order valence-electron chi connectivity index (χ1n) is 6.24. The average Bonchev–Trinajstić information content (AvgIpc) is 2.74. The first-order chi connectivity index (χ1) is 9.42. The molecule has 110 valence electrons. The molecular weight excluding hydrogens is 282 g/mol. The number of ether oxygens (including phenoxy) is 1. The van der Waals surface area contributed by atoms with Crippen molar-refractivity contribution < 1.29 is 19.7 Å². The fourth-order valence-electron chi connectivity index (χ4n) is 2.12. The summed E-state index contributed by atoms with van der Waals surface area (Å²) in [6.07, 6.45) is 0.240. The zero-order valence-corrected chi connectivity index (χ0v) is 12.1. The number of hydrogen-bond acceptors (Lipinski definition) is 6. The van der Waals surface area contributed by atoms with Crippen LogP contribution in [0.1, 0.15) is 25.1 Å². The number of rotatable bonds is 3. The maximum absolute atomic E-state index is 11.1. The van der Waals surface area contributed by atoms with Gasteiger partial charge in [-0.3, -0.25) is 9.36 Å². The van der Waals surface area contributed by atoms with Gasteiger partial charge in [-0.05, 0) is 19.1 Å². The summed E-state index contributed by atoms with van der Waals surface area (Å²) in [6.45, 7) is 2.94. The second-order valence-electron chi connectivity index (χ2n) is 4.76. The van der Waals surface area contributed by atoms with Crippen molar-refractivity contribution in [2.75, 3.05) is 11.9 Å². The molecule has 1 saturated heterocycles. The average molecular weight is 299 g/mol. The minimum absolute atomic E-state index is 0.222. The van der Waals surface area contributed by atoms with Gasteiger partial charge in [0.25, 0.3) is 0 Å². The molecule has 1 aromatic rings. The number of hydrogen-bond donors (Lipinski definition) is 3. The van der Waals surface area contributed by atoms with E-state index in [1.54, 1.807) is 17.7 Å². The SMILES string of the molecule is CC(=O)Nc1nc(=S)n([C@H]2C[C@H](O)[C@@H](CO)O2)cc1C. The minimum atomic E-state index is -0.734. The fraction of sp³-hybridized carbons (Fsp3) is 0.583. The zero-order chi connectivity index (χ0) is 14.9. The van der Waals surface area contributed by atoms with Crippen molar-refractivity contribution in [1.82, 2.24) is 9.55 Å². The third-order valence-electron chi connectivity index (χ3n) is 3.12. The maximum Gasteiger partial charge on any atom is 0.222 e. The molecule has 1 fully saturated rings. The summed E-state index contributed by atoms with van der Waals surface area (Å²) in [5, 5.41) is 21.4. The van der Waals surface area contributed by atoms with E-state index in [4.69, 9.17) is 22.1 Å². The minimum Gasteiger partial charge on any atom is -0.394 e. The van der Waals surface area contributed by atoms with E-state index in [0.29, 0.717) is 12.2 Å². The van der Waals surface area contributed by atoms with E-state index in [2.05, 4.69) is 10.3 Å². The topological polar surface area (TPSA) is 96.6 Å². The number of aliphatic hydroxyl groups is 2. The van der Waals surface area contributed by atoms with Crippen LogP contribution in [0.4, 0.5) is 5.82 Å². The van der Waals surface area contributed by atoms with Gasteiger partial charge in [0.05, 0.1) is 12.7 Å². The second-order valence-corrected chi connectivity index (χ2v) is 5.12. The first-order valence-corrected chi connectivity index (χ1v) is 6.65. The number of nitrogens with zero attached hydrogens (tertiary/aromatic N) is 2. The van der Waals surface area contributed by atoms with Gasteiger partial charge in [-0.25, -0.2) is 4.98 Å². The number of nitrogens with one attached hydrogen (secondary N) is 1. The Morgan fingerprint density at radius 2 is 2.40 bits per heavy atom. The van der Waals surface area contributed by atoms with E-state index in [1.165, 1.54) is 6.92 Å². The predicted octanol–water partition coefficient (Wildman–Crippen LogP) is 0.520. The lowest BCUT2D eigenvalue weighted by molar-refractivity contribution is -0.114. The van der Waals surface area contributed by atoms with Crippen LogP contribution < -0.4 is 5.32 Å². The van der Waals surface area contributed by atoms with Gasteiger partial charge in [0.15, 0.2) is 0 Å². The molecule has 0 aliphatic carbocycles. The molecule has 3 atom stereocenters. The molecule has 1 aromatic heterocycles. The number of carbonyl (C=O) groups is 1. The van der Waals surface area contributed by atoms with Gasteiger partial charge in [0.1, 0.15) is 18.1 Å². The normalized spacial score (nSPS) is 25.7. The number of carbonyl (C=O) groups excluding carboxylic acids is 1. The highest BCUT2D eigenvalue weighted by Crippen LogP contribution is 2.29. The van der Waals surface area contributed by atoms with Gasteiger partial charge in [0, 0.05) is 25.1 Å². The summed E-state index contributed by atoms with van der Waals surface area (Å²) in [5.41, 5.74) is 0.735. The molecule has 2 rings (SSSR count). The Morgan fingerprint density at radius 3 is 2.95 bits per heavy atom. The van der Waals surface area contributed by atoms with Gasteiger partial charge in [-0.15, -0.1) is 0 Å². The van der Waals surface area contributed by atoms with Crippen LogP contribution in [-0.4, -0.2) is 44.5 Å². The van der Waals surface area contributed by atoms with Crippen LogP contribution in [-0.2, 0) is 9.53 Å². The van der Waals surface area contributed by atoms with Crippen molar-refractivity contribution in [2.24, 2.45) is 0 Å². The molecule has 0 spiro atoms. The van der Waals surface area contributed by atoms with Crippen molar-refractivity contribution >= 4 is 23.9 Å². The molecule has 2 heterocycles. The van der Waals surface area contributed by atoms with Crippen LogP contribution in [0.25, 0.3) is 0 Å². The number of aliphatic hydroxyl groups excluding tert-OH is 2. The lowest BCUT2D eigenvalue weighted by Crippen LogP contribution is -2.24. The summed E-state index contributed by atoms with van der Waals surface area (Å²) in [5.74, 6) is 0.191. The van der Waals surface area contributed by atoms with E-state index >= 15 is 0 Å². The van der Waals surface area contributed by atoms with E-state index in [9.17, 15) is 9.90 Å². The van der Waals surface area contributed by atoms with Crippen LogP contribution >= 0.6 is 12.2 Å². The fourth-order valence-corrected chi connectivity index (χ4v) is 2.38. The quantitative estimate of drug-likeness (QED) is 0.704. The van der Waals surface area contributed by atoms with Crippen molar-refractivity contribution in [3.05, 3.63) is 16.5 Å². The third kappa shape index (κ3) is 3.04. The van der Waals surface area contributed by atoms with E-state index in [0.717, 1.165) is 5.56 Å². The Hall–Kier alpha value is -1.35. The van der Waals surface area contributed by atoms with Crippen LogP contribution in [0.15, 0.2) is 6.20 Å². The van der Waals surface area contributed by atoms with Gasteiger partial charge in [-0.2, -0.15) is 0 Å². The molecule has 20 heavy (non-hydrogen) atoms. The molecule has 7 nitrogen and oxygen atoms in total. The highest BCUT2D eigenvalue weighted by Gasteiger charge is 2.34. The molecule has 1 aliphatic heterocycles. The number of aryl methyl sites for hydroxylation is 1. The molecule has 3 N–H and O–H groups in total. The second kappa shape index (κ2) is 5.96. The largest absolute Gasteiger partial charge is 0.394 e. The monoisotopic (exact) mass is 299 g/mol. The first kappa shape index (κ1) is 15.0. The summed E-state index contributed by atoms with van der Waals surface area (Å²) >= 11 is 5.18. The molecular formula is C12H17N3O4S. The van der Waals surface area contributed by atoms with Gasteiger partial charge < -0.3 is 20.3 Å². The molecule has 0 bridgehead atoms. The van der Waals surface area contributed by atoms with Crippen LogP contribution in [0.5, 0.6) is 0 Å². The Balaban J connectivity index is 2.28. The molecule has 0 unspecified atom stereocenters. The molecule has 8 heteroatoms. The van der Waals surface area contributed by atoms with Gasteiger partial charge >= 0.3 is 0 Å². The van der Waals surface area contributed by atoms with Crippen molar-refractivity contribution in [2.45, 2.75) is 38.7 Å². The summed E-state index contributed by atoms with van der Waals surface area (Å²) in [7, 11) is 0. The lowest BCUT2D eigenvalue weighted by Gasteiger charge is -2.17. The smallest absolute Gasteiger partial charge is 0.222 e. The summed E-state index contributed by atoms with van der Waals surface area (Å²) in [6, 6.07) is 0. The molecule has 0 radical (unpaired) electrons. The highest BCUT2D eigenvalue weighted by atomic mass is 32.1. The van der Waals surface area contributed by atoms with E-state index in [-0.39, 0.29) is 17.3 Å². The third-order valence-corrected chi connectivity index (χ3v) is 3.43. The van der Waals surface area contributed by atoms with Gasteiger partial charge in [0.2, 0.25) is 10.7 Å². The number of amides is 1. The highest BCUT2D eigenvalue weighted by molar-refractivity contribution is 7.71. The zero-order valence-electron chi connectivity index (χ0n) is 11.2. The molecule has 1 amide bonds. The van der Waals surface area contributed by atoms with Crippen LogP contribution in [0, 0.1) is 11.7 Å². The Bertz CT molecular complexity index is 574.